The Bertz CT molecular complexity index is 449. The Hall–Kier alpha value is -1.38. The summed E-state index contributed by atoms with van der Waals surface area (Å²) in [5, 5.41) is 3.05. The first-order chi connectivity index (χ1) is 8.21. The minimum atomic E-state index is -0.454. The molecule has 2 fully saturated rings. The van der Waals surface area contributed by atoms with Gasteiger partial charge in [0.05, 0.1) is 5.41 Å². The highest BCUT2D eigenvalue weighted by molar-refractivity contribution is 5.89. The van der Waals surface area contributed by atoms with Crippen LogP contribution in [0.15, 0.2) is 24.3 Å². The molecule has 0 spiro atoms. The van der Waals surface area contributed by atoms with Gasteiger partial charge < -0.3 is 5.32 Å². The van der Waals surface area contributed by atoms with Gasteiger partial charge in [0.25, 0.3) is 0 Å². The van der Waals surface area contributed by atoms with Crippen molar-refractivity contribution in [3.8, 4) is 0 Å². The van der Waals surface area contributed by atoms with Gasteiger partial charge in [-0.1, -0.05) is 18.6 Å². The maximum atomic E-state index is 13.3. The van der Waals surface area contributed by atoms with Gasteiger partial charge in [-0.3, -0.25) is 4.79 Å². The van der Waals surface area contributed by atoms with Crippen molar-refractivity contribution in [3.05, 3.63) is 35.6 Å². The van der Waals surface area contributed by atoms with Crippen LogP contribution in [0, 0.1) is 5.82 Å². The Labute approximate surface area is 100 Å². The van der Waals surface area contributed by atoms with E-state index in [4.69, 9.17) is 0 Å². The highest BCUT2D eigenvalue weighted by Crippen LogP contribution is 2.44. The molecular formula is C14H16FNO. The lowest BCUT2D eigenvalue weighted by atomic mass is 9.64. The van der Waals surface area contributed by atoms with E-state index in [1.165, 1.54) is 12.1 Å². The highest BCUT2D eigenvalue weighted by Gasteiger charge is 2.46. The standard InChI is InChI=1S/C14H16FNO/c15-11-4-1-3-10(9-11)14(7-2-8-14)13(17)16-12-5-6-12/h1,3-4,9,12H,2,5-8H2,(H,16,17). The monoisotopic (exact) mass is 233 g/mol. The van der Waals surface area contributed by atoms with Gasteiger partial charge in [0, 0.05) is 6.04 Å². The molecule has 3 heteroatoms. The van der Waals surface area contributed by atoms with E-state index in [2.05, 4.69) is 5.32 Å². The topological polar surface area (TPSA) is 29.1 Å². The molecule has 2 aliphatic rings. The Balaban J connectivity index is 1.87. The second-order valence-electron chi connectivity index (χ2n) is 5.19. The van der Waals surface area contributed by atoms with E-state index >= 15 is 0 Å². The van der Waals surface area contributed by atoms with Crippen LogP contribution in [0.4, 0.5) is 4.39 Å². The number of rotatable bonds is 3. The molecule has 0 heterocycles. The number of nitrogens with one attached hydrogen (secondary N) is 1. The van der Waals surface area contributed by atoms with Gasteiger partial charge in [0.1, 0.15) is 5.82 Å². The van der Waals surface area contributed by atoms with Crippen molar-refractivity contribution in [2.75, 3.05) is 0 Å². The molecular weight excluding hydrogens is 217 g/mol. The molecule has 90 valence electrons. The van der Waals surface area contributed by atoms with E-state index in [0.717, 1.165) is 37.7 Å². The van der Waals surface area contributed by atoms with Crippen molar-refractivity contribution < 1.29 is 9.18 Å². The van der Waals surface area contributed by atoms with Gasteiger partial charge in [-0.2, -0.15) is 0 Å². The first kappa shape index (κ1) is 10.8. The SMILES string of the molecule is O=C(NC1CC1)C1(c2cccc(F)c2)CCC1. The predicted molar refractivity (Wildman–Crippen MR) is 63.1 cm³/mol. The highest BCUT2D eigenvalue weighted by atomic mass is 19.1. The fraction of sp³-hybridized carbons (Fsp3) is 0.500. The molecule has 17 heavy (non-hydrogen) atoms. The molecule has 0 bridgehead atoms. The zero-order valence-corrected chi connectivity index (χ0v) is 9.71. The number of carbonyl (C=O) groups excluding carboxylic acids is 1. The van der Waals surface area contributed by atoms with E-state index in [1.807, 2.05) is 6.07 Å². The average molecular weight is 233 g/mol. The van der Waals surface area contributed by atoms with Crippen LogP contribution in [-0.4, -0.2) is 11.9 Å². The van der Waals surface area contributed by atoms with Gasteiger partial charge in [-0.25, -0.2) is 4.39 Å². The summed E-state index contributed by atoms with van der Waals surface area (Å²) in [6, 6.07) is 6.86. The van der Waals surface area contributed by atoms with Gasteiger partial charge >= 0.3 is 0 Å². The molecule has 0 aliphatic heterocycles. The van der Waals surface area contributed by atoms with E-state index in [9.17, 15) is 9.18 Å². The number of carbonyl (C=O) groups is 1. The minimum absolute atomic E-state index is 0.0943. The molecule has 1 aromatic rings. The molecule has 1 aromatic carbocycles. The van der Waals surface area contributed by atoms with Crippen molar-refractivity contribution in [1.29, 1.82) is 0 Å². The van der Waals surface area contributed by atoms with Crippen LogP contribution in [0.1, 0.15) is 37.7 Å². The lowest BCUT2D eigenvalue weighted by molar-refractivity contribution is -0.130. The molecule has 0 radical (unpaired) electrons. The maximum absolute atomic E-state index is 13.3. The van der Waals surface area contributed by atoms with Crippen LogP contribution in [-0.2, 0) is 10.2 Å². The zero-order valence-electron chi connectivity index (χ0n) is 9.71. The summed E-state index contributed by atoms with van der Waals surface area (Å²) in [6.45, 7) is 0. The number of hydrogen-bond acceptors (Lipinski definition) is 1. The predicted octanol–water partition coefficient (Wildman–Crippen LogP) is 2.53. The first-order valence-corrected chi connectivity index (χ1v) is 6.28. The average Bonchev–Trinajstić information content (AvgIpc) is 3.00. The van der Waals surface area contributed by atoms with Crippen LogP contribution >= 0.6 is 0 Å². The molecule has 0 aromatic heterocycles. The van der Waals surface area contributed by atoms with Crippen LogP contribution in [0.5, 0.6) is 0 Å². The molecule has 1 amide bonds. The third-order valence-corrected chi connectivity index (χ3v) is 3.93. The second kappa shape index (κ2) is 3.83. The van der Waals surface area contributed by atoms with E-state index in [0.29, 0.717) is 6.04 Å². The van der Waals surface area contributed by atoms with Crippen LogP contribution in [0.2, 0.25) is 0 Å². The number of amides is 1. The third-order valence-electron chi connectivity index (χ3n) is 3.93. The van der Waals surface area contributed by atoms with Crippen molar-refractivity contribution in [3.63, 3.8) is 0 Å². The second-order valence-corrected chi connectivity index (χ2v) is 5.19. The summed E-state index contributed by atoms with van der Waals surface area (Å²) in [6.07, 6.45) is 4.91. The quantitative estimate of drug-likeness (QED) is 0.854. The minimum Gasteiger partial charge on any atom is -0.353 e. The lowest BCUT2D eigenvalue weighted by Gasteiger charge is -2.40. The van der Waals surface area contributed by atoms with Crippen LogP contribution in [0.25, 0.3) is 0 Å². The first-order valence-electron chi connectivity index (χ1n) is 6.28. The van der Waals surface area contributed by atoms with Gasteiger partial charge in [0.2, 0.25) is 5.91 Å². The molecule has 1 N–H and O–H groups in total. The Morgan fingerprint density at radius 3 is 2.65 bits per heavy atom. The Morgan fingerprint density at radius 1 is 1.35 bits per heavy atom. The fourth-order valence-corrected chi connectivity index (χ4v) is 2.51. The molecule has 2 saturated carbocycles. The van der Waals surface area contributed by atoms with Gasteiger partial charge in [0.15, 0.2) is 0 Å². The summed E-state index contributed by atoms with van der Waals surface area (Å²) in [7, 11) is 0. The van der Waals surface area contributed by atoms with Crippen molar-refractivity contribution >= 4 is 5.91 Å². The molecule has 0 saturated heterocycles. The van der Waals surface area contributed by atoms with E-state index in [1.54, 1.807) is 6.07 Å². The molecule has 3 rings (SSSR count). The Morgan fingerprint density at radius 2 is 2.12 bits per heavy atom. The van der Waals surface area contributed by atoms with E-state index < -0.39 is 5.41 Å². The number of halogens is 1. The molecule has 0 atom stereocenters. The van der Waals surface area contributed by atoms with Crippen molar-refractivity contribution in [2.45, 2.75) is 43.6 Å². The number of benzene rings is 1. The molecule has 0 unspecified atom stereocenters. The summed E-state index contributed by atoms with van der Waals surface area (Å²) in [5.74, 6) is -0.162. The fourth-order valence-electron chi connectivity index (χ4n) is 2.51. The summed E-state index contributed by atoms with van der Waals surface area (Å²) >= 11 is 0. The lowest BCUT2D eigenvalue weighted by Crippen LogP contribution is -2.49. The Kier molecular flexibility index (Phi) is 2.42. The van der Waals surface area contributed by atoms with Crippen LogP contribution < -0.4 is 5.32 Å². The molecule has 2 nitrogen and oxygen atoms in total. The summed E-state index contributed by atoms with van der Waals surface area (Å²) < 4.78 is 13.3. The van der Waals surface area contributed by atoms with Gasteiger partial charge in [-0.05, 0) is 43.4 Å². The van der Waals surface area contributed by atoms with E-state index in [-0.39, 0.29) is 11.7 Å². The smallest absolute Gasteiger partial charge is 0.230 e. The van der Waals surface area contributed by atoms with Crippen molar-refractivity contribution in [2.24, 2.45) is 0 Å². The maximum Gasteiger partial charge on any atom is 0.230 e. The zero-order chi connectivity index (χ0) is 11.9. The summed E-state index contributed by atoms with van der Waals surface area (Å²) in [5.41, 5.74) is 0.381. The largest absolute Gasteiger partial charge is 0.353 e. The third kappa shape index (κ3) is 1.84. The summed E-state index contributed by atoms with van der Waals surface area (Å²) in [4.78, 5) is 12.3. The normalized spacial score (nSPS) is 21.7. The molecule has 2 aliphatic carbocycles. The van der Waals surface area contributed by atoms with Crippen molar-refractivity contribution in [1.82, 2.24) is 5.32 Å². The number of hydrogen-bond donors (Lipinski definition) is 1. The van der Waals surface area contributed by atoms with Gasteiger partial charge in [-0.15, -0.1) is 0 Å². The van der Waals surface area contributed by atoms with Crippen LogP contribution in [0.3, 0.4) is 0 Å².